The van der Waals surface area contributed by atoms with Gasteiger partial charge in [-0.15, -0.1) is 0 Å². The third-order valence-electron chi connectivity index (χ3n) is 9.16. The van der Waals surface area contributed by atoms with E-state index in [1.54, 1.807) is 6.07 Å². The Morgan fingerprint density at radius 1 is 1.07 bits per heavy atom. The molecule has 0 aromatic heterocycles. The number of ether oxygens (including phenoxy) is 2. The highest BCUT2D eigenvalue weighted by Crippen LogP contribution is 2.51. The van der Waals surface area contributed by atoms with Crippen LogP contribution in [0.15, 0.2) is 63.7 Å². The maximum atomic E-state index is 14.5. The lowest BCUT2D eigenvalue weighted by Crippen LogP contribution is -2.50. The van der Waals surface area contributed by atoms with Gasteiger partial charge in [0.15, 0.2) is 17.3 Å². The van der Waals surface area contributed by atoms with Gasteiger partial charge in [-0.05, 0) is 79.4 Å². The van der Waals surface area contributed by atoms with Crippen molar-refractivity contribution in [2.75, 3.05) is 26.4 Å². The molecule has 6 rings (SSSR count). The van der Waals surface area contributed by atoms with Gasteiger partial charge in [0.1, 0.15) is 5.25 Å². The summed E-state index contributed by atoms with van der Waals surface area (Å²) in [5.41, 5.74) is 2.91. The van der Waals surface area contributed by atoms with Crippen molar-refractivity contribution in [1.82, 2.24) is 10.6 Å². The van der Waals surface area contributed by atoms with Crippen LogP contribution in [0.25, 0.3) is 5.57 Å². The van der Waals surface area contributed by atoms with E-state index in [4.69, 9.17) is 9.47 Å². The van der Waals surface area contributed by atoms with Crippen molar-refractivity contribution in [1.29, 1.82) is 0 Å². The molecule has 1 aliphatic carbocycles. The third-order valence-corrected chi connectivity index (χ3v) is 10.9. The molecule has 3 heterocycles. The summed E-state index contributed by atoms with van der Waals surface area (Å²) in [6.45, 7) is 8.06. The average molecular weight is 630 g/mol. The molecule has 0 amide bonds. The molecular formula is C30H33BrN2O6S. The van der Waals surface area contributed by atoms with E-state index in [0.717, 1.165) is 27.7 Å². The van der Waals surface area contributed by atoms with Crippen LogP contribution in [-0.4, -0.2) is 56.5 Å². The number of ketones is 1. The van der Waals surface area contributed by atoms with Gasteiger partial charge < -0.3 is 20.1 Å². The van der Waals surface area contributed by atoms with Crippen molar-refractivity contribution >= 4 is 37.4 Å². The van der Waals surface area contributed by atoms with E-state index >= 15 is 0 Å². The van der Waals surface area contributed by atoms with Gasteiger partial charge >= 0.3 is 0 Å². The van der Waals surface area contributed by atoms with Gasteiger partial charge in [0, 0.05) is 33.5 Å². The fraction of sp³-hybridized carbons (Fsp3) is 0.433. The number of benzene rings is 2. The molecule has 8 nitrogen and oxygen atoms in total. The number of nitrogens with one attached hydrogen (secondary N) is 2. The van der Waals surface area contributed by atoms with Crippen LogP contribution in [0.2, 0.25) is 0 Å². The van der Waals surface area contributed by atoms with Gasteiger partial charge in [-0.2, -0.15) is 8.42 Å². The van der Waals surface area contributed by atoms with E-state index in [1.165, 1.54) is 0 Å². The number of halogens is 1. The molecule has 0 bridgehead atoms. The van der Waals surface area contributed by atoms with Crippen molar-refractivity contribution in [3.05, 3.63) is 74.8 Å². The number of allylic oxidation sites excluding steroid dienone is 3. The Hall–Kier alpha value is -2.50. The molecule has 3 N–H and O–H groups in total. The van der Waals surface area contributed by atoms with Crippen molar-refractivity contribution in [2.24, 2.45) is 17.3 Å². The summed E-state index contributed by atoms with van der Waals surface area (Å²) in [6.07, 6.45) is 0.187. The summed E-state index contributed by atoms with van der Waals surface area (Å²) >= 11 is 3.47. The number of hydrogen-bond acceptors (Lipinski definition) is 7. The average Bonchev–Trinajstić information content (AvgIpc) is 3.63. The zero-order valence-electron chi connectivity index (χ0n) is 22.7. The molecule has 212 valence electrons. The Morgan fingerprint density at radius 2 is 1.80 bits per heavy atom. The van der Waals surface area contributed by atoms with E-state index in [2.05, 4.69) is 26.6 Å². The Labute approximate surface area is 243 Å². The Balaban J connectivity index is 1.55. The van der Waals surface area contributed by atoms with Crippen LogP contribution in [0, 0.1) is 17.3 Å². The molecule has 3 aliphatic heterocycles. The number of fused-ring (bicyclic) bond motifs is 2. The summed E-state index contributed by atoms with van der Waals surface area (Å²) in [5, 5.41) is 5.52. The third kappa shape index (κ3) is 4.63. The standard InChI is InChI=1S/C30H33BrN2O6S/c1-16-25(18-5-7-20(31)8-6-18)28(34)21(10-17-4-9-23-24(11-17)39-15-38-23)26(30(16,2)3)29(40(35,36)37)27-22-14-32-12-19(22)13-33-27/h4-9,11,19,22,27,29,32-33H,10,12-15H2,1-3H3,(H,35,36,37). The molecule has 0 radical (unpaired) electrons. The SMILES string of the molecule is CC1=C(c2ccc(Br)cc2)C(=O)C(Cc2ccc3c(c2)OCO3)=C(C(C2NCC3CNCC32)S(=O)(=O)O)C1(C)C. The quantitative estimate of drug-likeness (QED) is 0.409. The second kappa shape index (κ2) is 10.1. The van der Waals surface area contributed by atoms with Gasteiger partial charge in [-0.25, -0.2) is 0 Å². The van der Waals surface area contributed by atoms with Crippen LogP contribution in [0.4, 0.5) is 0 Å². The first-order chi connectivity index (χ1) is 19.0. The maximum Gasteiger partial charge on any atom is 0.273 e. The molecule has 10 heteroatoms. The monoisotopic (exact) mass is 628 g/mol. The van der Waals surface area contributed by atoms with Gasteiger partial charge in [0.25, 0.3) is 10.1 Å². The van der Waals surface area contributed by atoms with Gasteiger partial charge in [0.05, 0.1) is 0 Å². The molecule has 0 saturated carbocycles. The van der Waals surface area contributed by atoms with Crippen molar-refractivity contribution in [2.45, 2.75) is 38.5 Å². The lowest BCUT2D eigenvalue weighted by Gasteiger charge is -2.42. The Kier molecular flexibility index (Phi) is 6.98. The highest BCUT2D eigenvalue weighted by molar-refractivity contribution is 9.10. The number of Topliss-reactive ketones (excluding diaryl/α,β-unsaturated/α-hetero) is 1. The number of rotatable bonds is 6. The predicted molar refractivity (Wildman–Crippen MR) is 156 cm³/mol. The van der Waals surface area contributed by atoms with Crippen LogP contribution in [0.3, 0.4) is 0 Å². The number of hydrogen-bond donors (Lipinski definition) is 3. The normalized spacial score (nSPS) is 26.4. The molecule has 4 aliphatic rings. The molecule has 40 heavy (non-hydrogen) atoms. The number of carbonyl (C=O) groups is 1. The minimum absolute atomic E-state index is 0.0225. The molecule has 2 saturated heterocycles. The summed E-state index contributed by atoms with van der Waals surface area (Å²) in [7, 11) is -4.60. The first-order valence-electron chi connectivity index (χ1n) is 13.5. The van der Waals surface area contributed by atoms with Crippen molar-refractivity contribution in [3.8, 4) is 11.5 Å². The highest BCUT2D eigenvalue weighted by atomic mass is 79.9. The molecule has 4 unspecified atom stereocenters. The molecular weight excluding hydrogens is 596 g/mol. The van der Waals surface area contributed by atoms with Crippen molar-refractivity contribution < 1.29 is 27.2 Å². The molecule has 0 spiro atoms. The van der Waals surface area contributed by atoms with E-state index in [0.29, 0.717) is 41.3 Å². The second-order valence-corrected chi connectivity index (χ2v) is 14.1. The minimum atomic E-state index is -4.60. The van der Waals surface area contributed by atoms with E-state index in [9.17, 15) is 17.8 Å². The maximum absolute atomic E-state index is 14.5. The zero-order valence-corrected chi connectivity index (χ0v) is 25.1. The second-order valence-electron chi connectivity index (χ2n) is 11.7. The summed E-state index contributed by atoms with van der Waals surface area (Å²) in [4.78, 5) is 14.5. The molecule has 4 atom stereocenters. The smallest absolute Gasteiger partial charge is 0.273 e. The molecule has 2 fully saturated rings. The van der Waals surface area contributed by atoms with Crippen LogP contribution >= 0.6 is 15.9 Å². The summed E-state index contributed by atoms with van der Waals surface area (Å²) in [5.74, 6) is 1.29. The fourth-order valence-electron chi connectivity index (χ4n) is 6.94. The Bertz CT molecular complexity index is 1550. The van der Waals surface area contributed by atoms with E-state index in [-0.39, 0.29) is 30.8 Å². The van der Waals surface area contributed by atoms with E-state index in [1.807, 2.05) is 57.2 Å². The first kappa shape index (κ1) is 27.7. The Morgan fingerprint density at radius 3 is 2.52 bits per heavy atom. The van der Waals surface area contributed by atoms with Gasteiger partial charge in [-0.3, -0.25) is 9.35 Å². The lowest BCUT2D eigenvalue weighted by molar-refractivity contribution is -0.111. The number of carbonyl (C=O) groups excluding carboxylic acids is 1. The van der Waals surface area contributed by atoms with Crippen LogP contribution in [0.1, 0.15) is 31.9 Å². The van der Waals surface area contributed by atoms with Crippen LogP contribution < -0.4 is 20.1 Å². The first-order valence-corrected chi connectivity index (χ1v) is 15.8. The summed E-state index contributed by atoms with van der Waals surface area (Å²) in [6, 6.07) is 12.6. The summed E-state index contributed by atoms with van der Waals surface area (Å²) < 4.78 is 49.5. The van der Waals surface area contributed by atoms with Crippen LogP contribution in [0.5, 0.6) is 11.5 Å². The highest BCUT2D eigenvalue weighted by Gasteiger charge is 2.53. The lowest BCUT2D eigenvalue weighted by atomic mass is 9.64. The molecule has 2 aromatic carbocycles. The largest absolute Gasteiger partial charge is 0.454 e. The van der Waals surface area contributed by atoms with E-state index < -0.39 is 26.8 Å². The zero-order chi connectivity index (χ0) is 28.4. The fourth-order valence-corrected chi connectivity index (χ4v) is 8.61. The van der Waals surface area contributed by atoms with Gasteiger partial charge in [-0.1, -0.05) is 53.5 Å². The molecule has 2 aromatic rings. The van der Waals surface area contributed by atoms with Crippen LogP contribution in [-0.2, 0) is 21.3 Å². The predicted octanol–water partition coefficient (Wildman–Crippen LogP) is 4.16. The minimum Gasteiger partial charge on any atom is -0.454 e. The van der Waals surface area contributed by atoms with Gasteiger partial charge in [0.2, 0.25) is 6.79 Å². The van der Waals surface area contributed by atoms with Crippen molar-refractivity contribution in [3.63, 3.8) is 0 Å². The topological polar surface area (TPSA) is 114 Å².